The molecule has 0 bridgehead atoms. The molecule has 0 spiro atoms. The predicted molar refractivity (Wildman–Crippen MR) is 251 cm³/mol. The van der Waals surface area contributed by atoms with Crippen molar-refractivity contribution in [2.24, 2.45) is 0 Å². The highest BCUT2D eigenvalue weighted by Crippen LogP contribution is 2.13. The fraction of sp³-hybridized carbons (Fsp3) is 0.736. The predicted octanol–water partition coefficient (Wildman–Crippen LogP) is 16.3. The van der Waals surface area contributed by atoms with Crippen molar-refractivity contribution in [3.63, 3.8) is 0 Å². The van der Waals surface area contributed by atoms with Gasteiger partial charge in [-0.2, -0.15) is 0 Å². The maximum absolute atomic E-state index is 12.8. The Kier molecular flexibility index (Phi) is 46.5. The van der Waals surface area contributed by atoms with Crippen molar-refractivity contribution < 1.29 is 23.8 Å². The third-order valence-corrected chi connectivity index (χ3v) is 10.2. The lowest BCUT2D eigenvalue weighted by atomic mass is 10.1. The highest BCUT2D eigenvalue weighted by atomic mass is 16.6. The molecule has 0 fully saturated rings. The molecule has 0 aromatic rings. The van der Waals surface area contributed by atoms with E-state index in [1.807, 2.05) is 0 Å². The Hall–Kier alpha value is -2.66. The first kappa shape index (κ1) is 55.3. The Morgan fingerprint density at radius 3 is 1.26 bits per heavy atom. The van der Waals surface area contributed by atoms with Crippen LogP contribution >= 0.6 is 0 Å². The van der Waals surface area contributed by atoms with Gasteiger partial charge in [0.25, 0.3) is 0 Å². The fourth-order valence-corrected chi connectivity index (χ4v) is 6.55. The normalized spacial score (nSPS) is 12.8. The second-order valence-corrected chi connectivity index (χ2v) is 16.0. The molecule has 1 atom stereocenters. The number of rotatable bonds is 44. The molecule has 58 heavy (non-hydrogen) atoms. The van der Waals surface area contributed by atoms with E-state index >= 15 is 0 Å². The Labute approximate surface area is 359 Å². The molecule has 0 aliphatic rings. The van der Waals surface area contributed by atoms with Crippen LogP contribution in [0, 0.1) is 0 Å². The molecule has 0 aromatic heterocycles. The van der Waals surface area contributed by atoms with E-state index in [4.69, 9.17) is 14.2 Å². The monoisotopic (exact) mass is 809 g/mol. The van der Waals surface area contributed by atoms with Crippen molar-refractivity contribution >= 4 is 11.9 Å². The third kappa shape index (κ3) is 46.0. The van der Waals surface area contributed by atoms with Gasteiger partial charge >= 0.3 is 11.9 Å². The minimum atomic E-state index is -0.561. The second-order valence-electron chi connectivity index (χ2n) is 16.0. The van der Waals surface area contributed by atoms with Crippen LogP contribution in [0.2, 0.25) is 0 Å². The summed E-state index contributed by atoms with van der Waals surface area (Å²) in [7, 11) is 0. The van der Waals surface area contributed by atoms with Crippen LogP contribution in [0.5, 0.6) is 0 Å². The number of ether oxygens (including phenoxy) is 3. The maximum atomic E-state index is 12.8. The van der Waals surface area contributed by atoms with Crippen LogP contribution in [0.25, 0.3) is 0 Å². The van der Waals surface area contributed by atoms with E-state index in [2.05, 4.69) is 93.7 Å². The summed E-state index contributed by atoms with van der Waals surface area (Å²) in [6.07, 6.45) is 61.9. The molecule has 0 aliphatic carbocycles. The summed E-state index contributed by atoms with van der Waals surface area (Å²) in [6, 6.07) is 0. The molecule has 0 rings (SSSR count). The fourth-order valence-electron chi connectivity index (χ4n) is 6.55. The summed E-state index contributed by atoms with van der Waals surface area (Å²) in [4.78, 5) is 25.3. The largest absolute Gasteiger partial charge is 0.462 e. The first-order valence-corrected chi connectivity index (χ1v) is 24.5. The summed E-state index contributed by atoms with van der Waals surface area (Å²) in [5.74, 6) is -0.436. The van der Waals surface area contributed by atoms with Crippen molar-refractivity contribution in [3.05, 3.63) is 72.9 Å². The molecule has 0 saturated carbocycles. The van der Waals surface area contributed by atoms with Gasteiger partial charge in [-0.1, -0.05) is 177 Å². The van der Waals surface area contributed by atoms with Gasteiger partial charge in [-0.05, 0) is 109 Å². The summed E-state index contributed by atoms with van der Waals surface area (Å²) in [6.45, 7) is 7.60. The molecule has 0 heterocycles. The number of unbranched alkanes of at least 4 members (excludes halogenated alkanes) is 21. The average Bonchev–Trinajstić information content (AvgIpc) is 3.22. The Morgan fingerprint density at radius 2 is 0.776 bits per heavy atom. The number of esters is 2. The van der Waals surface area contributed by atoms with Crippen LogP contribution < -0.4 is 0 Å². The molecule has 0 amide bonds. The van der Waals surface area contributed by atoms with Gasteiger partial charge in [-0.15, -0.1) is 0 Å². The van der Waals surface area contributed by atoms with Gasteiger partial charge < -0.3 is 14.2 Å². The van der Waals surface area contributed by atoms with Gasteiger partial charge in [-0.3, -0.25) is 9.59 Å². The van der Waals surface area contributed by atoms with Gasteiger partial charge in [0.2, 0.25) is 0 Å². The third-order valence-electron chi connectivity index (χ3n) is 10.2. The van der Waals surface area contributed by atoms with Gasteiger partial charge in [0.15, 0.2) is 6.10 Å². The van der Waals surface area contributed by atoms with Crippen molar-refractivity contribution in [3.8, 4) is 0 Å². The molecular formula is C53H92O5. The zero-order valence-corrected chi connectivity index (χ0v) is 38.3. The van der Waals surface area contributed by atoms with Crippen LogP contribution in [-0.2, 0) is 23.8 Å². The number of carbonyl (C=O) groups excluding carboxylic acids is 2. The first-order valence-electron chi connectivity index (χ1n) is 24.5. The average molecular weight is 809 g/mol. The minimum absolute atomic E-state index is 0.0628. The van der Waals surface area contributed by atoms with E-state index in [0.29, 0.717) is 19.4 Å². The number of allylic oxidation sites excluding steroid dienone is 12. The van der Waals surface area contributed by atoms with Crippen molar-refractivity contribution in [2.75, 3.05) is 19.8 Å². The quantitative estimate of drug-likeness (QED) is 0.0348. The molecule has 1 unspecified atom stereocenters. The van der Waals surface area contributed by atoms with Gasteiger partial charge in [0.05, 0.1) is 6.61 Å². The molecule has 0 radical (unpaired) electrons. The lowest BCUT2D eigenvalue weighted by molar-refractivity contribution is -0.163. The zero-order chi connectivity index (χ0) is 42.1. The molecule has 0 saturated heterocycles. The Bertz CT molecular complexity index is 1050. The summed E-state index contributed by atoms with van der Waals surface area (Å²) >= 11 is 0. The molecule has 5 heteroatoms. The molecule has 0 aromatic carbocycles. The Balaban J connectivity index is 4.35. The van der Waals surface area contributed by atoms with E-state index in [1.54, 1.807) is 0 Å². The lowest BCUT2D eigenvalue weighted by Crippen LogP contribution is -2.30. The molecular weight excluding hydrogens is 717 g/mol. The van der Waals surface area contributed by atoms with Gasteiger partial charge in [-0.25, -0.2) is 0 Å². The lowest BCUT2D eigenvalue weighted by Gasteiger charge is -2.18. The van der Waals surface area contributed by atoms with Gasteiger partial charge in [0, 0.05) is 19.4 Å². The van der Waals surface area contributed by atoms with Crippen LogP contribution in [-0.4, -0.2) is 37.9 Å². The van der Waals surface area contributed by atoms with Crippen LogP contribution in [0.15, 0.2) is 72.9 Å². The second kappa shape index (κ2) is 48.7. The van der Waals surface area contributed by atoms with Crippen molar-refractivity contribution in [1.29, 1.82) is 0 Å². The summed E-state index contributed by atoms with van der Waals surface area (Å²) in [5.41, 5.74) is 0. The van der Waals surface area contributed by atoms with E-state index in [1.165, 1.54) is 89.9 Å². The van der Waals surface area contributed by atoms with E-state index in [-0.39, 0.29) is 25.2 Å². The van der Waals surface area contributed by atoms with Gasteiger partial charge in [0.1, 0.15) is 6.61 Å². The number of carbonyl (C=O) groups is 2. The van der Waals surface area contributed by atoms with Crippen molar-refractivity contribution in [2.45, 2.75) is 232 Å². The van der Waals surface area contributed by atoms with E-state index in [0.717, 1.165) is 103 Å². The van der Waals surface area contributed by atoms with E-state index < -0.39 is 6.10 Å². The highest BCUT2D eigenvalue weighted by Gasteiger charge is 2.17. The molecule has 0 N–H and O–H groups in total. The summed E-state index contributed by atoms with van der Waals surface area (Å²) in [5, 5.41) is 0. The van der Waals surface area contributed by atoms with Crippen molar-refractivity contribution in [1.82, 2.24) is 0 Å². The zero-order valence-electron chi connectivity index (χ0n) is 38.3. The van der Waals surface area contributed by atoms with E-state index in [9.17, 15) is 9.59 Å². The van der Waals surface area contributed by atoms with Crippen LogP contribution in [0.3, 0.4) is 0 Å². The van der Waals surface area contributed by atoms with Crippen LogP contribution in [0.1, 0.15) is 226 Å². The topological polar surface area (TPSA) is 61.8 Å². The maximum Gasteiger partial charge on any atom is 0.306 e. The smallest absolute Gasteiger partial charge is 0.306 e. The standard InChI is InChI=1S/C53H92O5/c1-4-7-10-13-16-19-22-25-26-27-30-33-36-39-42-45-48-56-49-51(58-53(55)47-44-41-38-35-32-29-24-21-18-15-12-9-6-3)50-57-52(54)46-43-40-37-34-31-28-23-20-17-14-11-8-5-2/h7,10,16,19-21,23-26,30,33,51H,4-6,8-9,11-15,17-18,22,27-29,31-32,34-50H2,1-3H3/b10-7-,19-16-,23-20-,24-21-,26-25-,33-30-. The Morgan fingerprint density at radius 1 is 0.397 bits per heavy atom. The SMILES string of the molecule is CC/C=C\C/C=C\C/C=C\C/C=C\CCCCCOCC(COC(=O)CCCCCCC/C=C\CCCCCC)OC(=O)CCCCCCC/C=C\CCCCCC. The molecule has 334 valence electrons. The first-order chi connectivity index (χ1) is 28.6. The molecule has 0 aliphatic heterocycles. The minimum Gasteiger partial charge on any atom is -0.462 e. The number of hydrogen-bond acceptors (Lipinski definition) is 5. The van der Waals surface area contributed by atoms with Crippen LogP contribution in [0.4, 0.5) is 0 Å². The number of hydrogen-bond donors (Lipinski definition) is 0. The molecule has 5 nitrogen and oxygen atoms in total. The highest BCUT2D eigenvalue weighted by molar-refractivity contribution is 5.70. The summed E-state index contributed by atoms with van der Waals surface area (Å²) < 4.78 is 17.3.